The second-order valence-electron chi connectivity index (χ2n) is 7.73. The molecule has 2 aromatic carbocycles. The van der Waals surface area contributed by atoms with Gasteiger partial charge < -0.3 is 9.88 Å². The van der Waals surface area contributed by atoms with E-state index in [1.165, 1.54) is 6.07 Å². The van der Waals surface area contributed by atoms with Crippen LogP contribution < -0.4 is 5.32 Å². The van der Waals surface area contributed by atoms with Crippen molar-refractivity contribution in [2.24, 2.45) is 0 Å². The maximum atomic E-state index is 14.6. The predicted octanol–water partition coefficient (Wildman–Crippen LogP) is 5.09. The van der Waals surface area contributed by atoms with Gasteiger partial charge in [0.1, 0.15) is 5.82 Å². The molecule has 1 aromatic heterocycles. The SMILES string of the molecule is CCC(=O)c1ccc(Cn2cc(C(=O)NC3CCCC3)c3c(F)cccc32)cc1. The van der Waals surface area contributed by atoms with Crippen molar-refractivity contribution < 1.29 is 14.0 Å². The van der Waals surface area contributed by atoms with E-state index >= 15 is 0 Å². The Morgan fingerprint density at radius 3 is 2.52 bits per heavy atom. The fourth-order valence-corrected chi connectivity index (χ4v) is 4.14. The summed E-state index contributed by atoms with van der Waals surface area (Å²) in [5, 5.41) is 3.42. The molecule has 0 bridgehead atoms. The highest BCUT2D eigenvalue weighted by Gasteiger charge is 2.22. The second kappa shape index (κ2) is 8.19. The van der Waals surface area contributed by atoms with Crippen LogP contribution in [-0.4, -0.2) is 22.3 Å². The van der Waals surface area contributed by atoms with Crippen molar-refractivity contribution in [1.29, 1.82) is 0 Å². The van der Waals surface area contributed by atoms with Crippen LogP contribution in [0.5, 0.6) is 0 Å². The lowest BCUT2D eigenvalue weighted by Gasteiger charge is -2.11. The van der Waals surface area contributed by atoms with E-state index in [1.807, 2.05) is 41.8 Å². The monoisotopic (exact) mass is 392 g/mol. The molecule has 4 rings (SSSR count). The van der Waals surface area contributed by atoms with Crippen molar-refractivity contribution in [3.05, 3.63) is 71.2 Å². The molecule has 0 atom stereocenters. The van der Waals surface area contributed by atoms with Crippen LogP contribution in [0.3, 0.4) is 0 Å². The molecule has 1 saturated carbocycles. The number of ketones is 1. The first-order chi connectivity index (χ1) is 14.1. The van der Waals surface area contributed by atoms with Gasteiger partial charge in [0.25, 0.3) is 5.91 Å². The van der Waals surface area contributed by atoms with Gasteiger partial charge in [0.2, 0.25) is 0 Å². The lowest BCUT2D eigenvalue weighted by Crippen LogP contribution is -2.32. The Bertz CT molecular complexity index is 1050. The molecule has 5 heteroatoms. The van der Waals surface area contributed by atoms with Crippen LogP contribution in [0.15, 0.2) is 48.7 Å². The fraction of sp³-hybridized carbons (Fsp3) is 0.333. The highest BCUT2D eigenvalue weighted by Crippen LogP contribution is 2.26. The molecule has 0 unspecified atom stereocenters. The summed E-state index contributed by atoms with van der Waals surface area (Å²) in [5.41, 5.74) is 2.75. The highest BCUT2D eigenvalue weighted by molar-refractivity contribution is 6.07. The summed E-state index contributed by atoms with van der Waals surface area (Å²) in [7, 11) is 0. The number of nitrogens with one attached hydrogen (secondary N) is 1. The molecule has 0 radical (unpaired) electrons. The van der Waals surface area contributed by atoms with Gasteiger partial charge in [-0.05, 0) is 30.5 Å². The highest BCUT2D eigenvalue weighted by atomic mass is 19.1. The Labute approximate surface area is 169 Å². The van der Waals surface area contributed by atoms with Crippen LogP contribution >= 0.6 is 0 Å². The summed E-state index contributed by atoms with van der Waals surface area (Å²) in [4.78, 5) is 24.7. The summed E-state index contributed by atoms with van der Waals surface area (Å²) in [6, 6.07) is 12.5. The smallest absolute Gasteiger partial charge is 0.253 e. The zero-order valence-electron chi connectivity index (χ0n) is 16.6. The van der Waals surface area contributed by atoms with Crippen LogP contribution in [0.2, 0.25) is 0 Å². The summed E-state index contributed by atoms with van der Waals surface area (Å²) in [6.45, 7) is 2.34. The van der Waals surface area contributed by atoms with Gasteiger partial charge in [-0.25, -0.2) is 4.39 Å². The molecule has 1 aliphatic rings. The molecule has 1 amide bonds. The minimum atomic E-state index is -0.387. The normalized spacial score (nSPS) is 14.4. The third kappa shape index (κ3) is 3.95. The van der Waals surface area contributed by atoms with Gasteiger partial charge >= 0.3 is 0 Å². The summed E-state index contributed by atoms with van der Waals surface area (Å²) < 4.78 is 16.5. The minimum Gasteiger partial charge on any atom is -0.349 e. The number of carbonyl (C=O) groups excluding carboxylic acids is 2. The first-order valence-corrected chi connectivity index (χ1v) is 10.3. The minimum absolute atomic E-state index is 0.107. The molecular formula is C24H25FN2O2. The average Bonchev–Trinajstić information content (AvgIpc) is 3.37. The predicted molar refractivity (Wildman–Crippen MR) is 112 cm³/mol. The van der Waals surface area contributed by atoms with E-state index in [-0.39, 0.29) is 23.5 Å². The average molecular weight is 392 g/mol. The van der Waals surface area contributed by atoms with Crippen molar-refractivity contribution in [2.45, 2.75) is 51.6 Å². The van der Waals surface area contributed by atoms with Crippen molar-refractivity contribution in [3.63, 3.8) is 0 Å². The number of rotatable bonds is 6. The maximum Gasteiger partial charge on any atom is 0.253 e. The van der Waals surface area contributed by atoms with Crippen LogP contribution in [-0.2, 0) is 6.54 Å². The van der Waals surface area contributed by atoms with Crippen LogP contribution in [0.4, 0.5) is 4.39 Å². The molecule has 29 heavy (non-hydrogen) atoms. The van der Waals surface area contributed by atoms with Crippen LogP contribution in [0, 0.1) is 5.82 Å². The summed E-state index contributed by atoms with van der Waals surface area (Å²) >= 11 is 0. The lowest BCUT2D eigenvalue weighted by molar-refractivity contribution is 0.0937. The standard InChI is InChI=1S/C24H25FN2O2/c1-2-22(28)17-12-10-16(11-13-17)14-27-15-19(23-20(25)8-5-9-21(23)27)24(29)26-18-6-3-4-7-18/h5,8-13,15,18H,2-4,6-7,14H2,1H3,(H,26,29). The Hall–Kier alpha value is -2.95. The number of halogens is 1. The number of amides is 1. The van der Waals surface area contributed by atoms with E-state index in [0.29, 0.717) is 35.0 Å². The van der Waals surface area contributed by atoms with Crippen molar-refractivity contribution >= 4 is 22.6 Å². The fourth-order valence-electron chi connectivity index (χ4n) is 4.14. The lowest BCUT2D eigenvalue weighted by atomic mass is 10.1. The Morgan fingerprint density at radius 1 is 1.10 bits per heavy atom. The van der Waals surface area contributed by atoms with E-state index in [1.54, 1.807) is 12.3 Å². The number of hydrogen-bond donors (Lipinski definition) is 1. The molecule has 0 saturated heterocycles. The molecule has 1 N–H and O–H groups in total. The number of aromatic nitrogens is 1. The van der Waals surface area contributed by atoms with Gasteiger partial charge in [-0.15, -0.1) is 0 Å². The van der Waals surface area contributed by atoms with E-state index < -0.39 is 0 Å². The van der Waals surface area contributed by atoms with Gasteiger partial charge in [0.15, 0.2) is 5.78 Å². The number of benzene rings is 2. The molecule has 1 aliphatic carbocycles. The zero-order valence-corrected chi connectivity index (χ0v) is 16.6. The largest absolute Gasteiger partial charge is 0.349 e. The maximum absolute atomic E-state index is 14.6. The molecule has 1 heterocycles. The van der Waals surface area contributed by atoms with Gasteiger partial charge in [-0.1, -0.05) is 50.1 Å². The van der Waals surface area contributed by atoms with Crippen LogP contribution in [0.25, 0.3) is 10.9 Å². The second-order valence-corrected chi connectivity index (χ2v) is 7.73. The molecule has 0 spiro atoms. The summed E-state index contributed by atoms with van der Waals surface area (Å²) in [6.07, 6.45) is 6.42. The van der Waals surface area contributed by atoms with E-state index in [4.69, 9.17) is 0 Å². The van der Waals surface area contributed by atoms with Crippen LogP contribution in [0.1, 0.15) is 65.3 Å². The van der Waals surface area contributed by atoms with Gasteiger partial charge in [0, 0.05) is 36.2 Å². The molecule has 0 aliphatic heterocycles. The summed E-state index contributed by atoms with van der Waals surface area (Å²) in [5.74, 6) is -0.493. The number of fused-ring (bicyclic) bond motifs is 1. The molecular weight excluding hydrogens is 367 g/mol. The van der Waals surface area contributed by atoms with Gasteiger partial charge in [-0.2, -0.15) is 0 Å². The number of nitrogens with zero attached hydrogens (tertiary/aromatic N) is 1. The Balaban J connectivity index is 1.65. The Kier molecular flexibility index (Phi) is 5.47. The first-order valence-electron chi connectivity index (χ1n) is 10.3. The topological polar surface area (TPSA) is 51.1 Å². The van der Waals surface area contributed by atoms with Gasteiger partial charge in [-0.3, -0.25) is 9.59 Å². The zero-order chi connectivity index (χ0) is 20.4. The van der Waals surface area contributed by atoms with E-state index in [0.717, 1.165) is 31.2 Å². The van der Waals surface area contributed by atoms with E-state index in [2.05, 4.69) is 5.32 Å². The van der Waals surface area contributed by atoms with E-state index in [9.17, 15) is 14.0 Å². The molecule has 4 nitrogen and oxygen atoms in total. The number of hydrogen-bond acceptors (Lipinski definition) is 2. The molecule has 150 valence electrons. The number of Topliss-reactive ketones (excluding diaryl/α,β-unsaturated/α-hetero) is 1. The van der Waals surface area contributed by atoms with Gasteiger partial charge in [0.05, 0.1) is 11.1 Å². The third-order valence-electron chi connectivity index (χ3n) is 5.74. The third-order valence-corrected chi connectivity index (χ3v) is 5.74. The number of carbonyl (C=O) groups is 2. The van der Waals surface area contributed by atoms with Crippen molar-refractivity contribution in [2.75, 3.05) is 0 Å². The molecule has 3 aromatic rings. The first kappa shape index (κ1) is 19.4. The Morgan fingerprint density at radius 2 is 1.83 bits per heavy atom. The van der Waals surface area contributed by atoms with Crippen molar-refractivity contribution in [1.82, 2.24) is 9.88 Å². The molecule has 1 fully saturated rings. The van der Waals surface area contributed by atoms with Crippen molar-refractivity contribution in [3.8, 4) is 0 Å². The quantitative estimate of drug-likeness (QED) is 0.594.